The molecule has 0 saturated heterocycles. The van der Waals surface area contributed by atoms with Gasteiger partial charge in [-0.1, -0.05) is 37.8 Å². The second-order valence-electron chi connectivity index (χ2n) is 5.46. The summed E-state index contributed by atoms with van der Waals surface area (Å²) in [6, 6.07) is 0. The first-order valence-electron chi connectivity index (χ1n) is 6.76. The molecule has 1 unspecified atom stereocenters. The number of hydrogen-bond donors (Lipinski definition) is 1. The van der Waals surface area contributed by atoms with Gasteiger partial charge in [-0.3, -0.25) is 0 Å². The zero-order valence-corrected chi connectivity index (χ0v) is 10.9. The van der Waals surface area contributed by atoms with Crippen LogP contribution in [0.5, 0.6) is 0 Å². The molecule has 0 aliphatic heterocycles. The van der Waals surface area contributed by atoms with E-state index in [0.717, 1.165) is 18.7 Å². The number of nitrogens with zero attached hydrogens (tertiary/aromatic N) is 2. The number of aromatic nitrogens is 2. The predicted octanol–water partition coefficient (Wildman–Crippen LogP) is 3.09. The van der Waals surface area contributed by atoms with E-state index >= 15 is 0 Å². The Labute approximate surface area is 103 Å². The molecule has 0 radical (unpaired) electrons. The Morgan fingerprint density at radius 2 is 2.06 bits per heavy atom. The van der Waals surface area contributed by atoms with Crippen molar-refractivity contribution in [3.05, 3.63) is 11.7 Å². The van der Waals surface area contributed by atoms with Crippen LogP contribution in [0.3, 0.4) is 0 Å². The second kappa shape index (κ2) is 5.17. The van der Waals surface area contributed by atoms with E-state index in [-0.39, 0.29) is 0 Å². The lowest BCUT2D eigenvalue weighted by atomic mass is 9.89. The Hall–Kier alpha value is -0.900. The Kier molecular flexibility index (Phi) is 3.82. The van der Waals surface area contributed by atoms with Gasteiger partial charge in [0.05, 0.1) is 5.54 Å². The highest BCUT2D eigenvalue weighted by Crippen LogP contribution is 2.32. The van der Waals surface area contributed by atoms with E-state index in [1.165, 1.54) is 32.1 Å². The molecule has 1 aliphatic rings. The van der Waals surface area contributed by atoms with Gasteiger partial charge in [0.25, 0.3) is 0 Å². The summed E-state index contributed by atoms with van der Waals surface area (Å²) in [5, 5.41) is 4.12. The smallest absolute Gasteiger partial charge is 0.246 e. The first-order chi connectivity index (χ1) is 8.13. The predicted molar refractivity (Wildman–Crippen MR) is 66.6 cm³/mol. The SMILES string of the molecule is CCCC(C)(N)c1nc(C2CCCCC2)no1. The van der Waals surface area contributed by atoms with Crippen molar-refractivity contribution in [3.8, 4) is 0 Å². The number of hydrogen-bond acceptors (Lipinski definition) is 4. The summed E-state index contributed by atoms with van der Waals surface area (Å²) in [5.41, 5.74) is 5.72. The molecule has 0 spiro atoms. The molecule has 1 fully saturated rings. The third-order valence-electron chi connectivity index (χ3n) is 3.67. The molecule has 1 aromatic rings. The molecule has 17 heavy (non-hydrogen) atoms. The van der Waals surface area contributed by atoms with Gasteiger partial charge in [0.15, 0.2) is 5.82 Å². The van der Waals surface area contributed by atoms with E-state index in [1.807, 2.05) is 6.92 Å². The highest BCUT2D eigenvalue weighted by molar-refractivity contribution is 5.03. The Morgan fingerprint density at radius 3 is 2.71 bits per heavy atom. The molecule has 2 rings (SSSR count). The van der Waals surface area contributed by atoms with Crippen molar-refractivity contribution in [2.45, 2.75) is 70.3 Å². The molecule has 1 aromatic heterocycles. The van der Waals surface area contributed by atoms with Crippen molar-refractivity contribution >= 4 is 0 Å². The zero-order chi connectivity index (χ0) is 12.3. The Balaban J connectivity index is 2.09. The van der Waals surface area contributed by atoms with Crippen LogP contribution < -0.4 is 5.73 Å². The van der Waals surface area contributed by atoms with Crippen LogP contribution in [0.15, 0.2) is 4.52 Å². The van der Waals surface area contributed by atoms with Crippen molar-refractivity contribution in [3.63, 3.8) is 0 Å². The third-order valence-corrected chi connectivity index (χ3v) is 3.67. The average molecular weight is 237 g/mol. The van der Waals surface area contributed by atoms with Gasteiger partial charge in [-0.15, -0.1) is 0 Å². The van der Waals surface area contributed by atoms with Gasteiger partial charge in [-0.2, -0.15) is 4.98 Å². The Morgan fingerprint density at radius 1 is 1.35 bits per heavy atom. The maximum atomic E-state index is 6.20. The number of nitrogens with two attached hydrogens (primary N) is 1. The molecule has 4 heteroatoms. The highest BCUT2D eigenvalue weighted by atomic mass is 16.5. The van der Waals surface area contributed by atoms with Crippen LogP contribution in [0.4, 0.5) is 0 Å². The van der Waals surface area contributed by atoms with Gasteiger partial charge in [-0.25, -0.2) is 0 Å². The van der Waals surface area contributed by atoms with E-state index in [9.17, 15) is 0 Å². The lowest BCUT2D eigenvalue weighted by Gasteiger charge is -2.19. The molecular formula is C13H23N3O. The van der Waals surface area contributed by atoms with E-state index in [0.29, 0.717) is 11.8 Å². The van der Waals surface area contributed by atoms with Gasteiger partial charge in [-0.05, 0) is 26.2 Å². The van der Waals surface area contributed by atoms with E-state index in [1.54, 1.807) is 0 Å². The monoisotopic (exact) mass is 237 g/mol. The fraction of sp³-hybridized carbons (Fsp3) is 0.846. The summed E-state index contributed by atoms with van der Waals surface area (Å²) in [5.74, 6) is 1.95. The summed E-state index contributed by atoms with van der Waals surface area (Å²) in [4.78, 5) is 4.52. The minimum absolute atomic E-state index is 0.478. The van der Waals surface area contributed by atoms with Crippen LogP contribution in [-0.2, 0) is 5.54 Å². The van der Waals surface area contributed by atoms with Crippen LogP contribution in [0, 0.1) is 0 Å². The first kappa shape index (κ1) is 12.6. The molecule has 0 bridgehead atoms. The van der Waals surface area contributed by atoms with Gasteiger partial charge in [0.2, 0.25) is 5.89 Å². The Bertz CT molecular complexity index is 353. The molecule has 96 valence electrons. The summed E-state index contributed by atoms with van der Waals surface area (Å²) in [6.07, 6.45) is 8.17. The molecule has 0 amide bonds. The van der Waals surface area contributed by atoms with Crippen LogP contribution >= 0.6 is 0 Å². The molecule has 1 atom stereocenters. The molecule has 1 heterocycles. The maximum Gasteiger partial charge on any atom is 0.246 e. The molecule has 0 aromatic carbocycles. The van der Waals surface area contributed by atoms with Crippen LogP contribution in [0.25, 0.3) is 0 Å². The molecule has 1 saturated carbocycles. The fourth-order valence-corrected chi connectivity index (χ4v) is 2.62. The molecule has 1 aliphatic carbocycles. The number of rotatable bonds is 4. The topological polar surface area (TPSA) is 64.9 Å². The van der Waals surface area contributed by atoms with Crippen molar-refractivity contribution < 1.29 is 4.52 Å². The van der Waals surface area contributed by atoms with E-state index < -0.39 is 5.54 Å². The van der Waals surface area contributed by atoms with Gasteiger partial charge >= 0.3 is 0 Å². The molecule has 4 nitrogen and oxygen atoms in total. The quantitative estimate of drug-likeness (QED) is 0.874. The summed E-state index contributed by atoms with van der Waals surface area (Å²) in [7, 11) is 0. The summed E-state index contributed by atoms with van der Waals surface area (Å²) >= 11 is 0. The standard InChI is InChI=1S/C13H23N3O/c1-3-9-13(2,14)12-15-11(16-17-12)10-7-5-4-6-8-10/h10H,3-9,14H2,1-2H3. The molecule has 2 N–H and O–H groups in total. The largest absolute Gasteiger partial charge is 0.337 e. The normalized spacial score (nSPS) is 21.4. The van der Waals surface area contributed by atoms with Crippen LogP contribution in [0.1, 0.15) is 76.4 Å². The average Bonchev–Trinajstić information content (AvgIpc) is 2.80. The van der Waals surface area contributed by atoms with Gasteiger partial charge in [0.1, 0.15) is 0 Å². The minimum Gasteiger partial charge on any atom is -0.337 e. The van der Waals surface area contributed by atoms with E-state index in [4.69, 9.17) is 10.3 Å². The fourth-order valence-electron chi connectivity index (χ4n) is 2.62. The summed E-state index contributed by atoms with van der Waals surface area (Å²) in [6.45, 7) is 4.08. The van der Waals surface area contributed by atoms with E-state index in [2.05, 4.69) is 17.1 Å². The van der Waals surface area contributed by atoms with Gasteiger partial charge < -0.3 is 10.3 Å². The molecular weight excluding hydrogens is 214 g/mol. The highest BCUT2D eigenvalue weighted by Gasteiger charge is 2.29. The third kappa shape index (κ3) is 2.86. The maximum absolute atomic E-state index is 6.20. The van der Waals surface area contributed by atoms with Crippen molar-refractivity contribution in [1.82, 2.24) is 10.1 Å². The van der Waals surface area contributed by atoms with Crippen molar-refractivity contribution in [1.29, 1.82) is 0 Å². The zero-order valence-electron chi connectivity index (χ0n) is 10.9. The lowest BCUT2D eigenvalue weighted by Crippen LogP contribution is -2.33. The minimum atomic E-state index is -0.478. The van der Waals surface area contributed by atoms with Crippen molar-refractivity contribution in [2.75, 3.05) is 0 Å². The van der Waals surface area contributed by atoms with Crippen molar-refractivity contribution in [2.24, 2.45) is 5.73 Å². The van der Waals surface area contributed by atoms with Gasteiger partial charge in [0, 0.05) is 5.92 Å². The summed E-state index contributed by atoms with van der Waals surface area (Å²) < 4.78 is 5.35. The first-order valence-corrected chi connectivity index (χ1v) is 6.76. The lowest BCUT2D eigenvalue weighted by molar-refractivity contribution is 0.280. The second-order valence-corrected chi connectivity index (χ2v) is 5.46. The van der Waals surface area contributed by atoms with Crippen LogP contribution in [0.2, 0.25) is 0 Å². The van der Waals surface area contributed by atoms with Crippen LogP contribution in [-0.4, -0.2) is 10.1 Å².